The lowest BCUT2D eigenvalue weighted by Crippen LogP contribution is -2.53. The molecule has 0 aromatic heterocycles. The first-order chi connectivity index (χ1) is 10.5. The zero-order valence-electron chi connectivity index (χ0n) is 12.8. The van der Waals surface area contributed by atoms with Crippen molar-refractivity contribution in [1.82, 2.24) is 9.80 Å². The first-order valence-electron chi connectivity index (χ1n) is 7.63. The molecule has 2 rings (SSSR count). The van der Waals surface area contributed by atoms with E-state index in [-0.39, 0.29) is 12.6 Å². The summed E-state index contributed by atoms with van der Waals surface area (Å²) < 4.78 is 25.2. The van der Waals surface area contributed by atoms with E-state index in [1.54, 1.807) is 12.1 Å². The van der Waals surface area contributed by atoms with Gasteiger partial charge in [0.15, 0.2) is 0 Å². The van der Waals surface area contributed by atoms with Crippen molar-refractivity contribution >= 4 is 5.91 Å². The number of nitrogens with two attached hydrogens (primary N) is 1. The van der Waals surface area contributed by atoms with Gasteiger partial charge in [-0.05, 0) is 24.1 Å². The molecule has 1 aromatic rings. The minimum absolute atomic E-state index is 0.139. The van der Waals surface area contributed by atoms with E-state index in [4.69, 9.17) is 5.73 Å². The molecule has 1 amide bonds. The Morgan fingerprint density at radius 2 is 2.00 bits per heavy atom. The molecule has 1 heterocycles. The van der Waals surface area contributed by atoms with E-state index in [9.17, 15) is 13.6 Å². The Bertz CT molecular complexity index is 493. The summed E-state index contributed by atoms with van der Waals surface area (Å²) >= 11 is 0. The lowest BCUT2D eigenvalue weighted by Gasteiger charge is -2.41. The topological polar surface area (TPSA) is 49.6 Å². The first-order valence-corrected chi connectivity index (χ1v) is 7.63. The van der Waals surface area contributed by atoms with Gasteiger partial charge in [-0.25, -0.2) is 8.78 Å². The standard InChI is InChI=1S/C16H23F2N3O/c1-2-14-10-20(7-8-21(14)11-15(17)18)9-12-3-5-13(6-4-12)16(19)22/h3-6,14-15H,2,7-11H2,1H3,(H2,19,22). The smallest absolute Gasteiger partial charge is 0.251 e. The lowest BCUT2D eigenvalue weighted by atomic mass is 10.1. The van der Waals surface area contributed by atoms with Gasteiger partial charge in [0.1, 0.15) is 0 Å². The number of hydrogen-bond donors (Lipinski definition) is 1. The van der Waals surface area contributed by atoms with Gasteiger partial charge in [-0.2, -0.15) is 0 Å². The maximum absolute atomic E-state index is 12.6. The van der Waals surface area contributed by atoms with Crippen molar-refractivity contribution in [3.63, 3.8) is 0 Å². The maximum Gasteiger partial charge on any atom is 0.251 e. The van der Waals surface area contributed by atoms with Crippen LogP contribution < -0.4 is 5.73 Å². The van der Waals surface area contributed by atoms with E-state index < -0.39 is 12.3 Å². The number of amides is 1. The largest absolute Gasteiger partial charge is 0.366 e. The van der Waals surface area contributed by atoms with Gasteiger partial charge in [-0.15, -0.1) is 0 Å². The molecule has 1 atom stereocenters. The zero-order valence-corrected chi connectivity index (χ0v) is 12.8. The van der Waals surface area contributed by atoms with Crippen LogP contribution in [0.3, 0.4) is 0 Å². The van der Waals surface area contributed by atoms with E-state index in [1.807, 2.05) is 24.0 Å². The zero-order chi connectivity index (χ0) is 16.1. The highest BCUT2D eigenvalue weighted by atomic mass is 19.3. The van der Waals surface area contributed by atoms with Crippen molar-refractivity contribution in [2.24, 2.45) is 5.73 Å². The number of carbonyl (C=O) groups is 1. The molecule has 122 valence electrons. The third kappa shape index (κ3) is 4.48. The highest BCUT2D eigenvalue weighted by Gasteiger charge is 2.27. The Hall–Kier alpha value is -1.53. The second-order valence-electron chi connectivity index (χ2n) is 5.74. The summed E-state index contributed by atoms with van der Waals surface area (Å²) in [6.07, 6.45) is -1.41. The Morgan fingerprint density at radius 3 is 2.55 bits per heavy atom. The molecule has 4 nitrogen and oxygen atoms in total. The summed E-state index contributed by atoms with van der Waals surface area (Å²) in [5.74, 6) is -0.432. The average molecular weight is 311 g/mol. The second kappa shape index (κ2) is 7.65. The number of primary amides is 1. The van der Waals surface area contributed by atoms with E-state index in [0.29, 0.717) is 12.1 Å². The van der Waals surface area contributed by atoms with Crippen LogP contribution in [-0.4, -0.2) is 54.4 Å². The second-order valence-corrected chi connectivity index (χ2v) is 5.74. The normalized spacial score (nSPS) is 20.5. The third-order valence-electron chi connectivity index (χ3n) is 4.18. The van der Waals surface area contributed by atoms with Gasteiger partial charge >= 0.3 is 0 Å². The fraction of sp³-hybridized carbons (Fsp3) is 0.562. The maximum atomic E-state index is 12.6. The van der Waals surface area contributed by atoms with Crippen LogP contribution in [0.25, 0.3) is 0 Å². The SMILES string of the molecule is CCC1CN(Cc2ccc(C(N)=O)cc2)CCN1CC(F)F. The average Bonchev–Trinajstić information content (AvgIpc) is 2.49. The molecule has 1 unspecified atom stereocenters. The number of piperazine rings is 1. The fourth-order valence-corrected chi connectivity index (χ4v) is 2.94. The summed E-state index contributed by atoms with van der Waals surface area (Å²) in [6.45, 7) is 4.90. The molecule has 1 aliphatic rings. The molecule has 0 spiro atoms. The molecule has 22 heavy (non-hydrogen) atoms. The number of rotatable bonds is 6. The molecule has 0 bridgehead atoms. The van der Waals surface area contributed by atoms with E-state index in [2.05, 4.69) is 4.90 Å². The van der Waals surface area contributed by atoms with E-state index >= 15 is 0 Å². The highest BCUT2D eigenvalue weighted by molar-refractivity contribution is 5.92. The van der Waals surface area contributed by atoms with Crippen LogP contribution in [0, 0.1) is 0 Å². The van der Waals surface area contributed by atoms with Gasteiger partial charge in [0.2, 0.25) is 5.91 Å². The van der Waals surface area contributed by atoms with Crippen molar-refractivity contribution in [1.29, 1.82) is 0 Å². The number of benzene rings is 1. The molecule has 2 N–H and O–H groups in total. The predicted molar refractivity (Wildman–Crippen MR) is 81.9 cm³/mol. The van der Waals surface area contributed by atoms with E-state index in [1.165, 1.54) is 0 Å². The Kier molecular flexibility index (Phi) is 5.85. The molecule has 0 radical (unpaired) electrons. The van der Waals surface area contributed by atoms with Crippen LogP contribution in [0.4, 0.5) is 8.78 Å². The van der Waals surface area contributed by atoms with Crippen LogP contribution in [0.5, 0.6) is 0 Å². The predicted octanol–water partition coefficient (Wildman–Crippen LogP) is 1.95. The third-order valence-corrected chi connectivity index (χ3v) is 4.18. The number of halogens is 2. The van der Waals surface area contributed by atoms with Crippen LogP contribution in [-0.2, 0) is 6.54 Å². The molecular formula is C16H23F2N3O. The minimum Gasteiger partial charge on any atom is -0.366 e. The fourth-order valence-electron chi connectivity index (χ4n) is 2.94. The Morgan fingerprint density at radius 1 is 1.32 bits per heavy atom. The number of alkyl halides is 2. The van der Waals surface area contributed by atoms with Crippen molar-refractivity contribution < 1.29 is 13.6 Å². The monoisotopic (exact) mass is 311 g/mol. The van der Waals surface area contributed by atoms with Gasteiger partial charge in [-0.1, -0.05) is 19.1 Å². The van der Waals surface area contributed by atoms with Crippen LogP contribution in [0.2, 0.25) is 0 Å². The summed E-state index contributed by atoms with van der Waals surface area (Å²) in [4.78, 5) is 15.2. The Labute approximate surface area is 129 Å². The molecule has 0 aliphatic carbocycles. The molecule has 6 heteroatoms. The van der Waals surface area contributed by atoms with Gasteiger partial charge < -0.3 is 5.73 Å². The van der Waals surface area contributed by atoms with Gasteiger partial charge in [-0.3, -0.25) is 14.6 Å². The summed E-state index contributed by atoms with van der Waals surface area (Å²) in [7, 11) is 0. The summed E-state index contributed by atoms with van der Waals surface area (Å²) in [6, 6.07) is 7.41. The molecular weight excluding hydrogens is 288 g/mol. The van der Waals surface area contributed by atoms with Gasteiger partial charge in [0.25, 0.3) is 6.43 Å². The summed E-state index contributed by atoms with van der Waals surface area (Å²) in [5, 5.41) is 0. The van der Waals surface area contributed by atoms with Crippen molar-refractivity contribution in [3.8, 4) is 0 Å². The van der Waals surface area contributed by atoms with Gasteiger partial charge in [0, 0.05) is 37.8 Å². The van der Waals surface area contributed by atoms with Crippen LogP contribution in [0.15, 0.2) is 24.3 Å². The van der Waals surface area contributed by atoms with Crippen LogP contribution >= 0.6 is 0 Å². The van der Waals surface area contributed by atoms with Gasteiger partial charge in [0.05, 0.1) is 6.54 Å². The van der Waals surface area contributed by atoms with Crippen molar-refractivity contribution in [2.75, 3.05) is 26.2 Å². The molecule has 1 fully saturated rings. The van der Waals surface area contributed by atoms with E-state index in [0.717, 1.165) is 31.6 Å². The van der Waals surface area contributed by atoms with Crippen LogP contribution in [0.1, 0.15) is 29.3 Å². The molecule has 1 saturated heterocycles. The van der Waals surface area contributed by atoms with Crippen molar-refractivity contribution in [2.45, 2.75) is 32.4 Å². The summed E-state index contributed by atoms with van der Waals surface area (Å²) in [5.41, 5.74) is 6.82. The quantitative estimate of drug-likeness (QED) is 0.873. The van der Waals surface area contributed by atoms with Crippen molar-refractivity contribution in [3.05, 3.63) is 35.4 Å². The first kappa shape index (κ1) is 16.8. The molecule has 0 saturated carbocycles. The molecule has 1 aliphatic heterocycles. The highest BCUT2D eigenvalue weighted by Crippen LogP contribution is 2.17. The Balaban J connectivity index is 1.93. The lowest BCUT2D eigenvalue weighted by molar-refractivity contribution is 0.0169. The minimum atomic E-state index is -2.28. The number of nitrogens with zero attached hydrogens (tertiary/aromatic N) is 2. The molecule has 1 aromatic carbocycles. The number of hydrogen-bond acceptors (Lipinski definition) is 3. The number of carbonyl (C=O) groups excluding carboxylic acids is 1.